The Morgan fingerprint density at radius 2 is 2.03 bits per heavy atom. The van der Waals surface area contributed by atoms with Gasteiger partial charge >= 0.3 is 0 Å². The van der Waals surface area contributed by atoms with E-state index in [2.05, 4.69) is 35.2 Å². The molecule has 160 valence electrons. The van der Waals surface area contributed by atoms with Crippen LogP contribution in [0.2, 0.25) is 0 Å². The van der Waals surface area contributed by atoms with E-state index < -0.39 is 0 Å². The Morgan fingerprint density at radius 3 is 2.67 bits per heavy atom. The molecular weight excluding hydrogens is 376 g/mol. The molecule has 1 aliphatic heterocycles. The molecular formula is C24H32N4O2. The number of hydrogen-bond acceptors (Lipinski definition) is 3. The summed E-state index contributed by atoms with van der Waals surface area (Å²) in [6, 6.07) is 4.01. The van der Waals surface area contributed by atoms with Crippen molar-refractivity contribution in [2.75, 3.05) is 18.4 Å². The van der Waals surface area contributed by atoms with Crippen LogP contribution in [-0.4, -0.2) is 39.8 Å². The normalized spacial score (nSPS) is 16.8. The summed E-state index contributed by atoms with van der Waals surface area (Å²) in [6.07, 6.45) is 10.8. The number of fused-ring (bicyclic) bond motifs is 1. The molecule has 0 radical (unpaired) electrons. The molecule has 2 aliphatic rings. The molecule has 2 amide bonds. The number of aromatic amines is 1. The third-order valence-corrected chi connectivity index (χ3v) is 6.22. The fourth-order valence-corrected chi connectivity index (χ4v) is 4.40. The van der Waals surface area contributed by atoms with E-state index in [1.54, 1.807) is 0 Å². The molecule has 2 aromatic heterocycles. The molecule has 1 aliphatic carbocycles. The highest BCUT2D eigenvalue weighted by Crippen LogP contribution is 2.33. The number of aromatic nitrogens is 2. The van der Waals surface area contributed by atoms with Gasteiger partial charge in [0.15, 0.2) is 0 Å². The highest BCUT2D eigenvalue weighted by Gasteiger charge is 2.30. The summed E-state index contributed by atoms with van der Waals surface area (Å²) in [5, 5.41) is 4.03. The summed E-state index contributed by atoms with van der Waals surface area (Å²) in [6.45, 7) is 5.69. The maximum Gasteiger partial charge on any atom is 0.228 e. The van der Waals surface area contributed by atoms with Gasteiger partial charge in [-0.25, -0.2) is 4.98 Å². The predicted octanol–water partition coefficient (Wildman–Crippen LogP) is 4.74. The Balaban J connectivity index is 1.53. The summed E-state index contributed by atoms with van der Waals surface area (Å²) in [4.78, 5) is 34.9. The van der Waals surface area contributed by atoms with Crippen molar-refractivity contribution in [1.29, 1.82) is 0 Å². The number of anilines is 1. The fraction of sp³-hybridized carbons (Fsp3) is 0.542. The Bertz CT molecular complexity index is 951. The Kier molecular flexibility index (Phi) is 6.21. The minimum Gasteiger partial charge on any atom is -0.346 e. The van der Waals surface area contributed by atoms with E-state index in [-0.39, 0.29) is 17.7 Å². The van der Waals surface area contributed by atoms with Crippen molar-refractivity contribution in [1.82, 2.24) is 14.9 Å². The fourth-order valence-electron chi connectivity index (χ4n) is 4.40. The van der Waals surface area contributed by atoms with Gasteiger partial charge in [0.1, 0.15) is 11.5 Å². The van der Waals surface area contributed by atoms with E-state index >= 15 is 0 Å². The maximum absolute atomic E-state index is 13.0. The molecule has 0 aromatic carbocycles. The van der Waals surface area contributed by atoms with Gasteiger partial charge in [0.2, 0.25) is 11.8 Å². The van der Waals surface area contributed by atoms with E-state index in [9.17, 15) is 9.59 Å². The van der Waals surface area contributed by atoms with Crippen LogP contribution in [0.5, 0.6) is 0 Å². The molecule has 4 rings (SSSR count). The quantitative estimate of drug-likeness (QED) is 0.662. The van der Waals surface area contributed by atoms with Gasteiger partial charge in [0.05, 0.1) is 0 Å². The highest BCUT2D eigenvalue weighted by molar-refractivity contribution is 5.97. The number of carbonyl (C=O) groups is 2. The molecule has 2 aromatic rings. The van der Waals surface area contributed by atoms with Gasteiger partial charge in [-0.2, -0.15) is 0 Å². The second kappa shape index (κ2) is 9.02. The molecule has 0 atom stereocenters. The Labute approximate surface area is 178 Å². The molecule has 1 fully saturated rings. The number of rotatable bonds is 8. The number of nitrogens with one attached hydrogen (secondary N) is 2. The van der Waals surface area contributed by atoms with Crippen LogP contribution >= 0.6 is 0 Å². The lowest BCUT2D eigenvalue weighted by Gasteiger charge is -2.30. The summed E-state index contributed by atoms with van der Waals surface area (Å²) in [5.41, 5.74) is 3.09. The summed E-state index contributed by atoms with van der Waals surface area (Å²) in [7, 11) is 0. The van der Waals surface area contributed by atoms with E-state index in [1.807, 2.05) is 23.2 Å². The molecule has 0 bridgehead atoms. The van der Waals surface area contributed by atoms with E-state index in [4.69, 9.17) is 0 Å². The largest absolute Gasteiger partial charge is 0.346 e. The van der Waals surface area contributed by atoms with Crippen molar-refractivity contribution in [2.45, 2.75) is 58.8 Å². The average molecular weight is 409 g/mol. The third-order valence-electron chi connectivity index (χ3n) is 6.22. The van der Waals surface area contributed by atoms with E-state index in [0.717, 1.165) is 68.1 Å². The number of hydrogen-bond donors (Lipinski definition) is 2. The zero-order valence-corrected chi connectivity index (χ0v) is 18.0. The predicted molar refractivity (Wildman–Crippen MR) is 120 cm³/mol. The highest BCUT2D eigenvalue weighted by atomic mass is 16.2. The first kappa shape index (κ1) is 20.6. The van der Waals surface area contributed by atoms with Gasteiger partial charge in [0.25, 0.3) is 0 Å². The lowest BCUT2D eigenvalue weighted by molar-refractivity contribution is -0.135. The molecule has 3 heterocycles. The smallest absolute Gasteiger partial charge is 0.228 e. The van der Waals surface area contributed by atoms with E-state index in [0.29, 0.717) is 18.3 Å². The van der Waals surface area contributed by atoms with Crippen molar-refractivity contribution in [2.24, 2.45) is 11.8 Å². The number of nitrogens with zero attached hydrogens (tertiary/aromatic N) is 2. The lowest BCUT2D eigenvalue weighted by Crippen LogP contribution is -2.39. The van der Waals surface area contributed by atoms with Crippen LogP contribution in [0, 0.1) is 11.8 Å². The van der Waals surface area contributed by atoms with Crippen LogP contribution in [-0.2, 0) is 9.59 Å². The van der Waals surface area contributed by atoms with Crippen LogP contribution < -0.4 is 5.32 Å². The molecule has 30 heavy (non-hydrogen) atoms. The number of amides is 2. The topological polar surface area (TPSA) is 78.1 Å². The van der Waals surface area contributed by atoms with Crippen molar-refractivity contribution >= 4 is 34.2 Å². The zero-order valence-electron chi connectivity index (χ0n) is 18.0. The molecule has 6 nitrogen and oxygen atoms in total. The molecule has 0 unspecified atom stereocenters. The first-order chi connectivity index (χ1) is 14.6. The first-order valence-electron chi connectivity index (χ1n) is 11.4. The van der Waals surface area contributed by atoms with Crippen molar-refractivity contribution in [3.05, 3.63) is 30.0 Å². The van der Waals surface area contributed by atoms with Crippen LogP contribution in [0.25, 0.3) is 16.6 Å². The van der Waals surface area contributed by atoms with Gasteiger partial charge < -0.3 is 15.2 Å². The molecule has 0 spiro atoms. The summed E-state index contributed by atoms with van der Waals surface area (Å²) >= 11 is 0. The zero-order chi connectivity index (χ0) is 21.1. The number of pyridine rings is 1. The second-order valence-electron chi connectivity index (χ2n) is 8.60. The third kappa shape index (κ3) is 4.42. The van der Waals surface area contributed by atoms with Crippen LogP contribution in [0.15, 0.2) is 24.4 Å². The van der Waals surface area contributed by atoms with Crippen LogP contribution in [0.1, 0.15) is 64.4 Å². The number of carbonyl (C=O) groups excluding carboxylic acids is 2. The van der Waals surface area contributed by atoms with Gasteiger partial charge in [0, 0.05) is 36.5 Å². The molecule has 2 N–H and O–H groups in total. The van der Waals surface area contributed by atoms with Gasteiger partial charge in [-0.05, 0) is 55.4 Å². The second-order valence-corrected chi connectivity index (χ2v) is 8.60. The van der Waals surface area contributed by atoms with Gasteiger partial charge in [-0.1, -0.05) is 32.8 Å². The van der Waals surface area contributed by atoms with Crippen molar-refractivity contribution in [3.63, 3.8) is 0 Å². The molecule has 1 saturated carbocycles. The monoisotopic (exact) mass is 408 g/mol. The molecule has 0 saturated heterocycles. The van der Waals surface area contributed by atoms with E-state index in [1.165, 1.54) is 5.57 Å². The first-order valence-corrected chi connectivity index (χ1v) is 11.4. The minimum absolute atomic E-state index is 0.0617. The number of H-pyrrole nitrogens is 1. The Hall–Kier alpha value is -2.63. The van der Waals surface area contributed by atoms with Gasteiger partial charge in [-0.3, -0.25) is 9.59 Å². The van der Waals surface area contributed by atoms with Crippen molar-refractivity contribution < 1.29 is 9.59 Å². The van der Waals surface area contributed by atoms with Crippen LogP contribution in [0.4, 0.5) is 5.82 Å². The van der Waals surface area contributed by atoms with Crippen LogP contribution in [0.3, 0.4) is 0 Å². The van der Waals surface area contributed by atoms with Gasteiger partial charge in [-0.15, -0.1) is 0 Å². The maximum atomic E-state index is 13.0. The Morgan fingerprint density at radius 1 is 1.27 bits per heavy atom. The standard InChI is InChI=1S/C24H32N4O2/c1-3-5-18(6-4-2)24(30)28-13-10-16(11-14-28)20-15-21(27-23(29)17-7-8-17)26-22-19(20)9-12-25-22/h9-10,12,15,17-18H,3-8,11,13-14H2,1-2H3,(H2,25,26,27,29). The SMILES string of the molecule is CCCC(CCC)C(=O)N1CC=C(c2cc(NC(=O)C3CC3)nc3[nH]ccc23)CC1. The average Bonchev–Trinajstić information content (AvgIpc) is 3.51. The summed E-state index contributed by atoms with van der Waals surface area (Å²) in [5.74, 6) is 1.25. The lowest BCUT2D eigenvalue weighted by atomic mass is 9.94. The minimum atomic E-state index is 0.0617. The van der Waals surface area contributed by atoms with Crippen molar-refractivity contribution in [3.8, 4) is 0 Å². The summed E-state index contributed by atoms with van der Waals surface area (Å²) < 4.78 is 0. The molecule has 6 heteroatoms.